The highest BCUT2D eigenvalue weighted by Gasteiger charge is 2.73. The number of carbonyl (C=O) groups excluding carboxylic acids is 1. The highest BCUT2D eigenvalue weighted by molar-refractivity contribution is 5.81. The molecule has 164 valence electrons. The molecule has 0 bridgehead atoms. The van der Waals surface area contributed by atoms with E-state index in [2.05, 4.69) is 0 Å². The second-order valence-corrected chi connectivity index (χ2v) is 6.90. The van der Waals surface area contributed by atoms with Gasteiger partial charge in [0.15, 0.2) is 0 Å². The Labute approximate surface area is 163 Å². The van der Waals surface area contributed by atoms with E-state index >= 15 is 0 Å². The molecule has 1 aromatic rings. The van der Waals surface area contributed by atoms with Crippen molar-refractivity contribution in [2.45, 2.75) is 49.9 Å². The molecule has 1 saturated heterocycles. The number of rotatable bonds is 6. The van der Waals surface area contributed by atoms with Gasteiger partial charge in [-0.05, 0) is 25.3 Å². The summed E-state index contributed by atoms with van der Waals surface area (Å²) >= 11 is 0. The molecule has 0 aromatic heterocycles. The fourth-order valence-electron chi connectivity index (χ4n) is 3.23. The Kier molecular flexibility index (Phi) is 6.86. The van der Waals surface area contributed by atoms with Gasteiger partial charge in [0.05, 0.1) is 6.61 Å². The van der Waals surface area contributed by atoms with Gasteiger partial charge in [0, 0.05) is 19.6 Å². The van der Waals surface area contributed by atoms with Crippen molar-refractivity contribution < 1.29 is 41.0 Å². The number of alkyl halides is 6. The third-order valence-corrected chi connectivity index (χ3v) is 4.87. The van der Waals surface area contributed by atoms with Crippen LogP contribution in [-0.2, 0) is 16.1 Å². The molecule has 1 heterocycles. The van der Waals surface area contributed by atoms with Crippen molar-refractivity contribution in [3.63, 3.8) is 0 Å². The largest absolute Gasteiger partial charge is 0.465 e. The Morgan fingerprint density at radius 3 is 2.07 bits per heavy atom. The molecule has 5 nitrogen and oxygen atoms in total. The molecule has 29 heavy (non-hydrogen) atoms. The van der Waals surface area contributed by atoms with Crippen molar-refractivity contribution in [2.24, 2.45) is 0 Å². The Morgan fingerprint density at radius 2 is 1.62 bits per heavy atom. The summed E-state index contributed by atoms with van der Waals surface area (Å²) < 4.78 is 83.6. The highest BCUT2D eigenvalue weighted by Crippen LogP contribution is 2.43. The molecule has 0 aliphatic carbocycles. The summed E-state index contributed by atoms with van der Waals surface area (Å²) in [5.41, 5.74) is -6.66. The molecule has 1 fully saturated rings. The van der Waals surface area contributed by atoms with Crippen LogP contribution in [-0.4, -0.2) is 59.3 Å². The maximum Gasteiger partial charge on any atom is 0.440 e. The van der Waals surface area contributed by atoms with Gasteiger partial charge in [0.2, 0.25) is 0 Å². The molecule has 1 aliphatic rings. The first-order valence-electron chi connectivity index (χ1n) is 8.93. The molecule has 0 radical (unpaired) electrons. The van der Waals surface area contributed by atoms with Crippen LogP contribution in [0.2, 0.25) is 0 Å². The topological polar surface area (TPSA) is 61.8 Å². The molecule has 0 unspecified atom stereocenters. The first-order valence-corrected chi connectivity index (χ1v) is 8.93. The molecule has 0 amide bonds. The van der Waals surface area contributed by atoms with Gasteiger partial charge >= 0.3 is 24.0 Å². The summed E-state index contributed by atoms with van der Waals surface area (Å²) in [6.07, 6.45) is -13.0. The first kappa shape index (κ1) is 23.4. The maximum absolute atomic E-state index is 13.1. The second-order valence-electron chi connectivity index (χ2n) is 6.90. The number of nitrogens with zero attached hydrogens (tertiary/aromatic N) is 1. The minimum absolute atomic E-state index is 0.0342. The van der Waals surface area contributed by atoms with E-state index in [0.717, 1.165) is 5.56 Å². The van der Waals surface area contributed by atoms with E-state index in [1.807, 2.05) is 18.2 Å². The normalized spacial score (nSPS) is 18.5. The highest BCUT2D eigenvalue weighted by atomic mass is 19.4. The van der Waals surface area contributed by atoms with Crippen molar-refractivity contribution in [1.29, 1.82) is 0 Å². The van der Waals surface area contributed by atoms with Crippen molar-refractivity contribution in [3.8, 4) is 0 Å². The summed E-state index contributed by atoms with van der Waals surface area (Å²) in [7, 11) is 0. The standard InChI is InChI=1S/C18H22F6N2O3/c1-2-29-14(27)15(25-16(28,17(19,20)21)18(22,23)24)8-10-26(11-9-15)12-13-6-4-3-5-7-13/h3-7,25,28H,2,8-12H2,1H3. The van der Waals surface area contributed by atoms with Crippen molar-refractivity contribution >= 4 is 5.97 Å². The number of hydrogen-bond donors (Lipinski definition) is 2. The molecular formula is C18H22F6N2O3. The lowest BCUT2D eigenvalue weighted by atomic mass is 9.85. The van der Waals surface area contributed by atoms with Gasteiger partial charge in [0.1, 0.15) is 5.54 Å². The fraction of sp³-hybridized carbons (Fsp3) is 0.611. The molecule has 1 aromatic carbocycles. The molecule has 1 aliphatic heterocycles. The summed E-state index contributed by atoms with van der Waals surface area (Å²) in [6, 6.07) is 9.08. The van der Waals surface area contributed by atoms with Crippen molar-refractivity contribution in [3.05, 3.63) is 35.9 Å². The number of benzene rings is 1. The third-order valence-electron chi connectivity index (χ3n) is 4.87. The van der Waals surface area contributed by atoms with Crippen LogP contribution in [0.3, 0.4) is 0 Å². The fourth-order valence-corrected chi connectivity index (χ4v) is 3.23. The van der Waals surface area contributed by atoms with E-state index in [-0.39, 0.29) is 19.7 Å². The number of esters is 1. The monoisotopic (exact) mass is 428 g/mol. The number of likely N-dealkylation sites (tertiary alicyclic amines) is 1. The maximum atomic E-state index is 13.1. The van der Waals surface area contributed by atoms with Crippen molar-refractivity contribution in [1.82, 2.24) is 10.2 Å². The van der Waals surface area contributed by atoms with Crippen LogP contribution in [0.1, 0.15) is 25.3 Å². The van der Waals surface area contributed by atoms with Gasteiger partial charge in [-0.3, -0.25) is 15.0 Å². The lowest BCUT2D eigenvalue weighted by Crippen LogP contribution is -2.75. The predicted molar refractivity (Wildman–Crippen MR) is 90.5 cm³/mol. The van der Waals surface area contributed by atoms with E-state index in [1.54, 1.807) is 17.0 Å². The van der Waals surface area contributed by atoms with Crippen LogP contribution < -0.4 is 5.32 Å². The van der Waals surface area contributed by atoms with Gasteiger partial charge in [-0.15, -0.1) is 0 Å². The summed E-state index contributed by atoms with van der Waals surface area (Å²) in [4.78, 5) is 14.2. The van der Waals surface area contributed by atoms with Gasteiger partial charge in [-0.25, -0.2) is 0 Å². The van der Waals surface area contributed by atoms with Crippen LogP contribution in [0.25, 0.3) is 0 Å². The van der Waals surface area contributed by atoms with Crippen LogP contribution in [0.4, 0.5) is 26.3 Å². The Balaban J connectivity index is 2.26. The van der Waals surface area contributed by atoms with Crippen LogP contribution in [0.5, 0.6) is 0 Å². The first-order chi connectivity index (χ1) is 13.3. The number of hydrogen-bond acceptors (Lipinski definition) is 5. The predicted octanol–water partition coefficient (Wildman–Crippen LogP) is 2.99. The van der Waals surface area contributed by atoms with Gasteiger partial charge in [-0.2, -0.15) is 26.3 Å². The summed E-state index contributed by atoms with van der Waals surface area (Å²) in [5.74, 6) is -1.26. The zero-order chi connectivity index (χ0) is 21.9. The van der Waals surface area contributed by atoms with E-state index in [4.69, 9.17) is 4.74 Å². The Bertz CT molecular complexity index is 671. The molecule has 0 saturated carbocycles. The number of carbonyl (C=O) groups is 1. The molecule has 11 heteroatoms. The molecular weight excluding hydrogens is 406 g/mol. The lowest BCUT2D eigenvalue weighted by Gasteiger charge is -2.45. The SMILES string of the molecule is CCOC(=O)C1(NC(O)(C(F)(F)F)C(F)(F)F)CCN(Cc2ccccc2)CC1. The smallest absolute Gasteiger partial charge is 0.440 e. The van der Waals surface area contributed by atoms with Gasteiger partial charge in [-0.1, -0.05) is 30.3 Å². The quantitative estimate of drug-likeness (QED) is 0.415. The van der Waals surface area contributed by atoms with Gasteiger partial charge in [0.25, 0.3) is 0 Å². The Hall–Kier alpha value is -1.85. The zero-order valence-electron chi connectivity index (χ0n) is 15.6. The molecule has 2 N–H and O–H groups in total. The minimum atomic E-state index is -6.09. The minimum Gasteiger partial charge on any atom is -0.465 e. The number of nitrogens with one attached hydrogen (secondary N) is 1. The number of halogens is 6. The van der Waals surface area contributed by atoms with Crippen molar-refractivity contribution in [2.75, 3.05) is 19.7 Å². The van der Waals surface area contributed by atoms with Crippen LogP contribution in [0.15, 0.2) is 30.3 Å². The molecule has 2 rings (SSSR count). The average Bonchev–Trinajstić information content (AvgIpc) is 2.62. The van der Waals surface area contributed by atoms with E-state index in [0.29, 0.717) is 6.54 Å². The van der Waals surface area contributed by atoms with Crippen LogP contribution in [0, 0.1) is 0 Å². The second kappa shape index (κ2) is 8.49. The molecule has 0 spiro atoms. The van der Waals surface area contributed by atoms with E-state index < -0.39 is 42.4 Å². The van der Waals surface area contributed by atoms with E-state index in [9.17, 15) is 36.2 Å². The third kappa shape index (κ3) is 5.01. The average molecular weight is 428 g/mol. The number of ether oxygens (including phenoxy) is 1. The number of piperidine rings is 1. The summed E-state index contributed by atoms with van der Waals surface area (Å²) in [6.45, 7) is 1.64. The molecule has 0 atom stereocenters. The zero-order valence-corrected chi connectivity index (χ0v) is 15.6. The number of aliphatic hydroxyl groups is 1. The Morgan fingerprint density at radius 1 is 1.10 bits per heavy atom. The lowest BCUT2D eigenvalue weighted by molar-refractivity contribution is -0.384. The van der Waals surface area contributed by atoms with Gasteiger partial charge < -0.3 is 9.84 Å². The summed E-state index contributed by atoms with van der Waals surface area (Å²) in [5, 5.41) is 10.7. The van der Waals surface area contributed by atoms with Crippen LogP contribution >= 0.6 is 0 Å². The van der Waals surface area contributed by atoms with E-state index in [1.165, 1.54) is 12.2 Å².